The normalized spacial score (nSPS) is 18.7. The Morgan fingerprint density at radius 1 is 0.893 bits per heavy atom. The highest BCUT2D eigenvalue weighted by molar-refractivity contribution is 7.90. The summed E-state index contributed by atoms with van der Waals surface area (Å²) >= 11 is 0. The van der Waals surface area contributed by atoms with Gasteiger partial charge < -0.3 is 9.31 Å². The van der Waals surface area contributed by atoms with Crippen LogP contribution in [0, 0.1) is 6.92 Å². The second-order valence-corrected chi connectivity index (χ2v) is 10.0. The summed E-state index contributed by atoms with van der Waals surface area (Å²) < 4.78 is 40.6. The van der Waals surface area contributed by atoms with Crippen LogP contribution in [0.4, 0.5) is 0 Å². The molecule has 0 amide bonds. The van der Waals surface area contributed by atoms with Crippen molar-refractivity contribution < 1.29 is 17.7 Å². The molecule has 2 heterocycles. The Balaban J connectivity index is 1.91. The van der Waals surface area contributed by atoms with E-state index in [2.05, 4.69) is 0 Å². The smallest absolute Gasteiger partial charge is 0.399 e. The minimum absolute atomic E-state index is 0.288. The van der Waals surface area contributed by atoms with Gasteiger partial charge in [0.05, 0.1) is 21.6 Å². The lowest BCUT2D eigenvalue weighted by Crippen LogP contribution is -2.41. The maximum atomic E-state index is 13.4. The molecule has 146 valence electrons. The van der Waals surface area contributed by atoms with Crippen molar-refractivity contribution in [2.24, 2.45) is 0 Å². The quantitative estimate of drug-likeness (QED) is 0.635. The molecule has 28 heavy (non-hydrogen) atoms. The second kappa shape index (κ2) is 6.21. The number of fused-ring (bicyclic) bond motifs is 1. The zero-order valence-electron chi connectivity index (χ0n) is 16.8. The molecule has 1 aliphatic rings. The Morgan fingerprint density at radius 2 is 1.46 bits per heavy atom. The molecule has 1 aliphatic heterocycles. The molecular formula is C21H24BNO4S. The lowest BCUT2D eigenvalue weighted by atomic mass is 9.79. The van der Waals surface area contributed by atoms with Crippen molar-refractivity contribution >= 4 is 33.5 Å². The third kappa shape index (κ3) is 2.80. The van der Waals surface area contributed by atoms with E-state index < -0.39 is 28.3 Å². The topological polar surface area (TPSA) is 57.5 Å². The number of rotatable bonds is 3. The van der Waals surface area contributed by atoms with Crippen molar-refractivity contribution in [3.8, 4) is 0 Å². The van der Waals surface area contributed by atoms with E-state index in [9.17, 15) is 8.42 Å². The Hall–Kier alpha value is -2.09. The zero-order valence-corrected chi connectivity index (χ0v) is 17.6. The van der Waals surface area contributed by atoms with Crippen LogP contribution in [0.5, 0.6) is 0 Å². The molecule has 0 N–H and O–H groups in total. The number of benzene rings is 2. The van der Waals surface area contributed by atoms with Gasteiger partial charge >= 0.3 is 7.12 Å². The summed E-state index contributed by atoms with van der Waals surface area (Å²) in [6.07, 6.45) is 1.63. The third-order valence-electron chi connectivity index (χ3n) is 5.85. The molecule has 2 aromatic carbocycles. The van der Waals surface area contributed by atoms with E-state index in [1.807, 2.05) is 52.0 Å². The first-order chi connectivity index (χ1) is 13.0. The molecule has 0 aliphatic carbocycles. The van der Waals surface area contributed by atoms with Gasteiger partial charge in [-0.05, 0) is 52.3 Å². The van der Waals surface area contributed by atoms with Crippen LogP contribution in [0.25, 0.3) is 10.9 Å². The van der Waals surface area contributed by atoms with Crippen molar-refractivity contribution in [1.29, 1.82) is 0 Å². The number of hydrogen-bond donors (Lipinski definition) is 0. The summed E-state index contributed by atoms with van der Waals surface area (Å²) in [4.78, 5) is 0.288. The molecule has 0 atom stereocenters. The van der Waals surface area contributed by atoms with E-state index in [-0.39, 0.29) is 4.90 Å². The largest absolute Gasteiger partial charge is 0.497 e. The van der Waals surface area contributed by atoms with Gasteiger partial charge in [-0.1, -0.05) is 36.4 Å². The first kappa shape index (κ1) is 19.2. The van der Waals surface area contributed by atoms with Gasteiger partial charge in [0.25, 0.3) is 10.0 Å². The molecule has 1 fully saturated rings. The van der Waals surface area contributed by atoms with Crippen LogP contribution in [0.3, 0.4) is 0 Å². The molecular weight excluding hydrogens is 373 g/mol. The highest BCUT2D eigenvalue weighted by atomic mass is 32.2. The van der Waals surface area contributed by atoms with E-state index >= 15 is 0 Å². The van der Waals surface area contributed by atoms with Crippen molar-refractivity contribution in [3.63, 3.8) is 0 Å². The fraction of sp³-hybridized carbons (Fsp3) is 0.333. The fourth-order valence-electron chi connectivity index (χ4n) is 3.48. The SMILES string of the molecule is Cc1ccccc1S(=O)(=O)n1cc(B2OC(C)(C)C(C)(C)O2)c2ccccc21. The standard InChI is InChI=1S/C21H24BNO4S/c1-15-10-6-9-13-19(15)28(24,25)23-14-17(16-11-7-8-12-18(16)23)22-26-20(2,3)21(4,5)27-22/h6-14H,1-5H3. The molecule has 3 aromatic rings. The Kier molecular flexibility index (Phi) is 4.27. The van der Waals surface area contributed by atoms with Gasteiger partial charge in [-0.3, -0.25) is 0 Å². The summed E-state index contributed by atoms with van der Waals surface area (Å²) in [6.45, 7) is 9.73. The van der Waals surface area contributed by atoms with Gasteiger partial charge in [0.1, 0.15) is 0 Å². The Labute approximate surface area is 166 Å². The first-order valence-electron chi connectivity index (χ1n) is 9.31. The van der Waals surface area contributed by atoms with Crippen molar-refractivity contribution in [3.05, 3.63) is 60.3 Å². The van der Waals surface area contributed by atoms with E-state index in [4.69, 9.17) is 9.31 Å². The first-order valence-corrected chi connectivity index (χ1v) is 10.8. The van der Waals surface area contributed by atoms with Crippen LogP contribution in [0.2, 0.25) is 0 Å². The molecule has 0 unspecified atom stereocenters. The predicted molar refractivity (Wildman–Crippen MR) is 111 cm³/mol. The summed E-state index contributed by atoms with van der Waals surface area (Å²) in [7, 11) is -4.39. The average molecular weight is 397 g/mol. The van der Waals surface area contributed by atoms with Gasteiger partial charge in [0.15, 0.2) is 0 Å². The van der Waals surface area contributed by atoms with Crippen LogP contribution in [0.15, 0.2) is 59.6 Å². The maximum absolute atomic E-state index is 13.4. The van der Waals surface area contributed by atoms with E-state index in [0.29, 0.717) is 16.5 Å². The second-order valence-electron chi connectivity index (χ2n) is 8.26. The number of aromatic nitrogens is 1. The van der Waals surface area contributed by atoms with Gasteiger partial charge in [-0.25, -0.2) is 12.4 Å². The van der Waals surface area contributed by atoms with E-state index in [1.165, 1.54) is 3.97 Å². The number of para-hydroxylation sites is 1. The summed E-state index contributed by atoms with van der Waals surface area (Å²) in [6, 6.07) is 14.4. The van der Waals surface area contributed by atoms with Crippen LogP contribution in [0.1, 0.15) is 33.3 Å². The lowest BCUT2D eigenvalue weighted by Gasteiger charge is -2.32. The summed E-state index contributed by atoms with van der Waals surface area (Å²) in [5.41, 5.74) is 1.02. The lowest BCUT2D eigenvalue weighted by molar-refractivity contribution is 0.00578. The van der Waals surface area contributed by atoms with Crippen molar-refractivity contribution in [1.82, 2.24) is 3.97 Å². The predicted octanol–water partition coefficient (Wildman–Crippen LogP) is 3.49. The highest BCUT2D eigenvalue weighted by Gasteiger charge is 2.52. The number of nitrogens with zero attached hydrogens (tertiary/aromatic N) is 1. The Morgan fingerprint density at radius 3 is 2.11 bits per heavy atom. The van der Waals surface area contributed by atoms with Gasteiger partial charge in [-0.15, -0.1) is 0 Å². The minimum atomic E-state index is -3.76. The van der Waals surface area contributed by atoms with Crippen LogP contribution >= 0.6 is 0 Å². The average Bonchev–Trinajstić information content (AvgIpc) is 3.10. The highest BCUT2D eigenvalue weighted by Crippen LogP contribution is 2.37. The minimum Gasteiger partial charge on any atom is -0.399 e. The van der Waals surface area contributed by atoms with Gasteiger partial charge in [0, 0.05) is 17.0 Å². The molecule has 0 saturated carbocycles. The molecule has 7 heteroatoms. The van der Waals surface area contributed by atoms with Crippen LogP contribution < -0.4 is 5.46 Å². The molecule has 0 spiro atoms. The number of aryl methyl sites for hydroxylation is 1. The fourth-order valence-corrected chi connectivity index (χ4v) is 5.09. The molecule has 1 aromatic heterocycles. The van der Waals surface area contributed by atoms with E-state index in [0.717, 1.165) is 5.39 Å². The molecule has 0 bridgehead atoms. The number of hydrogen-bond acceptors (Lipinski definition) is 4. The molecule has 5 nitrogen and oxygen atoms in total. The van der Waals surface area contributed by atoms with Crippen LogP contribution in [-0.4, -0.2) is 30.7 Å². The Bertz CT molecular complexity index is 1150. The molecule has 0 radical (unpaired) electrons. The molecule has 1 saturated heterocycles. The van der Waals surface area contributed by atoms with Crippen molar-refractivity contribution in [2.75, 3.05) is 0 Å². The zero-order chi connectivity index (χ0) is 20.3. The molecule has 4 rings (SSSR count). The van der Waals surface area contributed by atoms with E-state index in [1.54, 1.807) is 37.4 Å². The van der Waals surface area contributed by atoms with Crippen LogP contribution in [-0.2, 0) is 19.3 Å². The summed E-state index contributed by atoms with van der Waals surface area (Å²) in [5.74, 6) is 0. The monoisotopic (exact) mass is 397 g/mol. The maximum Gasteiger partial charge on any atom is 0.497 e. The van der Waals surface area contributed by atoms with Gasteiger partial charge in [-0.2, -0.15) is 0 Å². The van der Waals surface area contributed by atoms with Crippen molar-refractivity contribution in [2.45, 2.75) is 50.7 Å². The summed E-state index contributed by atoms with van der Waals surface area (Å²) in [5, 5.41) is 0.804. The third-order valence-corrected chi connectivity index (χ3v) is 7.68. The van der Waals surface area contributed by atoms with Gasteiger partial charge in [0.2, 0.25) is 0 Å².